The van der Waals surface area contributed by atoms with Crippen LogP contribution in [0.25, 0.3) is 0 Å². The van der Waals surface area contributed by atoms with Crippen molar-refractivity contribution in [3.05, 3.63) is 11.5 Å². The second kappa shape index (κ2) is 4.43. The maximum Gasteiger partial charge on any atom is 0.454 e. The molecule has 11 heavy (non-hydrogen) atoms. The van der Waals surface area contributed by atoms with Crippen LogP contribution < -0.4 is 0 Å². The topological polar surface area (TPSA) is 17.1 Å². The van der Waals surface area contributed by atoms with E-state index in [1.165, 1.54) is 0 Å². The Bertz CT molecular complexity index is 162. The molecule has 0 fully saturated rings. The fraction of sp³-hybridized carbons (Fsp3) is 0.500. The van der Waals surface area contributed by atoms with E-state index < -0.39 is 12.0 Å². The van der Waals surface area contributed by atoms with Crippen molar-refractivity contribution in [3.63, 3.8) is 0 Å². The van der Waals surface area contributed by atoms with Crippen LogP contribution in [0.4, 0.5) is 13.2 Å². The molecule has 0 aromatic rings. The molecule has 0 heterocycles. The van der Waals surface area contributed by atoms with Crippen LogP contribution in [-0.4, -0.2) is 17.7 Å². The third-order valence-electron chi connectivity index (χ3n) is 0.762. The second-order valence-corrected chi connectivity index (χ2v) is 2.80. The van der Waals surface area contributed by atoms with Crippen LogP contribution in [0.1, 0.15) is 6.92 Å². The van der Waals surface area contributed by atoms with Gasteiger partial charge in [-0.1, -0.05) is 6.92 Å². The van der Waals surface area contributed by atoms with Crippen molar-refractivity contribution < 1.29 is 18.0 Å². The number of carbonyl (C=O) groups is 1. The lowest BCUT2D eigenvalue weighted by atomic mass is 10.4. The van der Waals surface area contributed by atoms with Crippen molar-refractivity contribution in [1.82, 2.24) is 0 Å². The Morgan fingerprint density at radius 1 is 1.55 bits per heavy atom. The van der Waals surface area contributed by atoms with Gasteiger partial charge in [-0.25, -0.2) is 0 Å². The molecule has 0 amide bonds. The molecular formula is C6H7F3OS. The van der Waals surface area contributed by atoms with Crippen molar-refractivity contribution in [2.75, 3.05) is 5.75 Å². The van der Waals surface area contributed by atoms with Gasteiger partial charge in [-0.3, -0.25) is 4.79 Å². The molecule has 0 rings (SSSR count). The largest absolute Gasteiger partial charge is 0.454 e. The molecule has 0 unspecified atom stereocenters. The minimum atomic E-state index is -4.73. The van der Waals surface area contributed by atoms with Gasteiger partial charge in [0.1, 0.15) is 0 Å². The van der Waals surface area contributed by atoms with E-state index in [0.717, 1.165) is 17.2 Å². The fourth-order valence-electron chi connectivity index (χ4n) is 0.301. The molecule has 0 aliphatic rings. The summed E-state index contributed by atoms with van der Waals surface area (Å²) >= 11 is 1.15. The first kappa shape index (κ1) is 10.6. The molecule has 0 bridgehead atoms. The Balaban J connectivity index is 3.88. The Kier molecular flexibility index (Phi) is 4.25. The van der Waals surface area contributed by atoms with Crippen molar-refractivity contribution in [2.45, 2.75) is 13.1 Å². The summed E-state index contributed by atoms with van der Waals surface area (Å²) in [6.45, 7) is 1.78. The Hall–Kier alpha value is -0.450. The summed E-state index contributed by atoms with van der Waals surface area (Å²) in [5, 5.41) is 1.15. The minimum absolute atomic E-state index is 0.536. The molecular weight excluding hydrogens is 177 g/mol. The highest BCUT2D eigenvalue weighted by Crippen LogP contribution is 2.17. The van der Waals surface area contributed by atoms with Gasteiger partial charge >= 0.3 is 6.18 Å². The molecule has 0 aromatic carbocycles. The number of hydrogen-bond donors (Lipinski definition) is 0. The minimum Gasteiger partial charge on any atom is -0.285 e. The lowest BCUT2D eigenvalue weighted by molar-refractivity contribution is -0.165. The summed E-state index contributed by atoms with van der Waals surface area (Å²) < 4.78 is 34.4. The van der Waals surface area contributed by atoms with E-state index in [-0.39, 0.29) is 0 Å². The zero-order valence-electron chi connectivity index (χ0n) is 5.81. The van der Waals surface area contributed by atoms with E-state index in [1.807, 2.05) is 0 Å². The van der Waals surface area contributed by atoms with Gasteiger partial charge in [0.25, 0.3) is 5.78 Å². The fourth-order valence-corrected chi connectivity index (χ4v) is 0.713. The van der Waals surface area contributed by atoms with E-state index in [9.17, 15) is 18.0 Å². The molecule has 1 nitrogen and oxygen atoms in total. The zero-order chi connectivity index (χ0) is 8.91. The van der Waals surface area contributed by atoms with Gasteiger partial charge < -0.3 is 0 Å². The normalized spacial score (nSPS) is 12.4. The van der Waals surface area contributed by atoms with Gasteiger partial charge in [0.05, 0.1) is 0 Å². The van der Waals surface area contributed by atoms with Gasteiger partial charge in [-0.05, 0) is 17.2 Å². The zero-order valence-corrected chi connectivity index (χ0v) is 6.63. The molecule has 0 radical (unpaired) electrons. The lowest BCUT2D eigenvalue weighted by Gasteiger charge is -1.98. The van der Waals surface area contributed by atoms with E-state index in [0.29, 0.717) is 11.8 Å². The molecule has 0 saturated heterocycles. The van der Waals surface area contributed by atoms with Gasteiger partial charge in [0.2, 0.25) is 0 Å². The summed E-state index contributed by atoms with van der Waals surface area (Å²) in [4.78, 5) is 10.1. The highest BCUT2D eigenvalue weighted by Gasteiger charge is 2.35. The average molecular weight is 184 g/mol. The van der Waals surface area contributed by atoms with Gasteiger partial charge in [-0.15, -0.1) is 11.8 Å². The Labute approximate surface area is 66.7 Å². The maximum atomic E-state index is 11.5. The van der Waals surface area contributed by atoms with Crippen molar-refractivity contribution in [1.29, 1.82) is 0 Å². The number of rotatable bonds is 3. The van der Waals surface area contributed by atoms with Crippen LogP contribution in [0.5, 0.6) is 0 Å². The maximum absolute atomic E-state index is 11.5. The summed E-state index contributed by atoms with van der Waals surface area (Å²) in [5.74, 6) is -1.15. The molecule has 64 valence electrons. The van der Waals surface area contributed by atoms with Crippen LogP contribution in [0.2, 0.25) is 0 Å². The van der Waals surface area contributed by atoms with E-state index in [1.54, 1.807) is 6.92 Å². The molecule has 0 N–H and O–H groups in total. The third kappa shape index (κ3) is 4.89. The molecule has 0 aliphatic heterocycles. The number of allylic oxidation sites excluding steroid dienone is 1. The second-order valence-electron chi connectivity index (χ2n) is 1.62. The Morgan fingerprint density at radius 2 is 2.09 bits per heavy atom. The predicted molar refractivity (Wildman–Crippen MR) is 38.3 cm³/mol. The molecule has 0 spiro atoms. The number of ketones is 1. The average Bonchev–Trinajstić information content (AvgIpc) is 1.86. The molecule has 0 aromatic heterocycles. The Morgan fingerprint density at radius 3 is 2.45 bits per heavy atom. The molecule has 0 atom stereocenters. The number of thioether (sulfide) groups is 1. The van der Waals surface area contributed by atoms with Crippen molar-refractivity contribution >= 4 is 17.5 Å². The molecule has 0 saturated carbocycles. The number of carbonyl (C=O) groups excluding carboxylic acids is 1. The van der Waals surface area contributed by atoms with Crippen LogP contribution in [-0.2, 0) is 4.79 Å². The van der Waals surface area contributed by atoms with Gasteiger partial charge in [-0.2, -0.15) is 13.2 Å². The molecule has 0 aliphatic carbocycles. The van der Waals surface area contributed by atoms with Crippen LogP contribution in [0.15, 0.2) is 11.5 Å². The molecule has 5 heteroatoms. The summed E-state index contributed by atoms with van der Waals surface area (Å²) in [6, 6.07) is 0. The van der Waals surface area contributed by atoms with Gasteiger partial charge in [0, 0.05) is 0 Å². The van der Waals surface area contributed by atoms with E-state index >= 15 is 0 Å². The highest BCUT2D eigenvalue weighted by atomic mass is 32.2. The summed E-state index contributed by atoms with van der Waals surface area (Å²) in [5.41, 5.74) is 0. The lowest BCUT2D eigenvalue weighted by Crippen LogP contribution is -2.19. The SMILES string of the molecule is CCSC=CC(=O)C(F)(F)F. The van der Waals surface area contributed by atoms with Crippen LogP contribution in [0.3, 0.4) is 0 Å². The standard InChI is InChI=1S/C6H7F3OS/c1-2-11-4-3-5(10)6(7,8)9/h3-4H,2H2,1H3. The van der Waals surface area contributed by atoms with Crippen LogP contribution >= 0.6 is 11.8 Å². The number of halogens is 3. The van der Waals surface area contributed by atoms with Crippen molar-refractivity contribution in [3.8, 4) is 0 Å². The summed E-state index contributed by atoms with van der Waals surface area (Å²) in [6.07, 6.45) is -4.20. The first-order valence-corrected chi connectivity index (χ1v) is 3.92. The van der Waals surface area contributed by atoms with E-state index in [2.05, 4.69) is 0 Å². The van der Waals surface area contributed by atoms with Gasteiger partial charge in [0.15, 0.2) is 0 Å². The van der Waals surface area contributed by atoms with Crippen LogP contribution in [0, 0.1) is 0 Å². The first-order chi connectivity index (χ1) is 4.98. The first-order valence-electron chi connectivity index (χ1n) is 2.87. The quantitative estimate of drug-likeness (QED) is 0.626. The van der Waals surface area contributed by atoms with Crippen molar-refractivity contribution in [2.24, 2.45) is 0 Å². The summed E-state index contributed by atoms with van der Waals surface area (Å²) in [7, 11) is 0. The predicted octanol–water partition coefficient (Wildman–Crippen LogP) is 2.38. The monoisotopic (exact) mass is 184 g/mol. The number of alkyl halides is 3. The third-order valence-corrected chi connectivity index (χ3v) is 1.42. The number of hydrogen-bond acceptors (Lipinski definition) is 2. The smallest absolute Gasteiger partial charge is 0.285 e. The highest BCUT2D eigenvalue weighted by molar-refractivity contribution is 8.02. The van der Waals surface area contributed by atoms with E-state index in [4.69, 9.17) is 0 Å².